The van der Waals surface area contributed by atoms with E-state index in [0.717, 1.165) is 5.82 Å². The van der Waals surface area contributed by atoms with E-state index in [9.17, 15) is 4.79 Å². The van der Waals surface area contributed by atoms with Gasteiger partial charge in [0.2, 0.25) is 5.95 Å². The highest BCUT2D eigenvalue weighted by Gasteiger charge is 2.07. The number of hydrogen-bond acceptors (Lipinski definition) is 4. The monoisotopic (exact) mass is 328 g/mol. The van der Waals surface area contributed by atoms with Crippen molar-refractivity contribution in [2.45, 2.75) is 6.92 Å². The van der Waals surface area contributed by atoms with Crippen molar-refractivity contribution in [1.29, 1.82) is 0 Å². The molecule has 2 aromatic heterocycles. The molecule has 0 aliphatic heterocycles. The topological polar surface area (TPSA) is 84.7 Å². The third-order valence-corrected chi connectivity index (χ3v) is 3.39. The fourth-order valence-corrected chi connectivity index (χ4v) is 2.13. The number of benzene rings is 1. The van der Waals surface area contributed by atoms with Crippen LogP contribution in [0.3, 0.4) is 0 Å². The van der Waals surface area contributed by atoms with Crippen LogP contribution in [0.15, 0.2) is 49.1 Å². The number of urea groups is 1. The molecule has 3 aromatic rings. The molecule has 0 atom stereocenters. The molecule has 2 N–H and O–H groups in total. The van der Waals surface area contributed by atoms with E-state index in [1.54, 1.807) is 41.2 Å². The van der Waals surface area contributed by atoms with Crippen LogP contribution in [0.25, 0.3) is 5.95 Å². The van der Waals surface area contributed by atoms with Gasteiger partial charge in [-0.15, -0.1) is 0 Å². The number of anilines is 2. The summed E-state index contributed by atoms with van der Waals surface area (Å²) in [5, 5.41) is 5.77. The molecule has 0 fully saturated rings. The molecule has 1 aromatic carbocycles. The molecule has 0 aliphatic rings. The Morgan fingerprint density at radius 2 is 1.87 bits per heavy atom. The van der Waals surface area contributed by atoms with Crippen LogP contribution < -0.4 is 10.6 Å². The van der Waals surface area contributed by atoms with E-state index in [2.05, 4.69) is 25.6 Å². The lowest BCUT2D eigenvalue weighted by Crippen LogP contribution is -2.20. The van der Waals surface area contributed by atoms with Crippen LogP contribution in [0.5, 0.6) is 0 Å². The molecule has 0 aliphatic carbocycles. The first-order valence-electron chi connectivity index (χ1n) is 6.78. The van der Waals surface area contributed by atoms with Gasteiger partial charge in [0.15, 0.2) is 0 Å². The van der Waals surface area contributed by atoms with Gasteiger partial charge < -0.3 is 10.6 Å². The molecular weight excluding hydrogens is 316 g/mol. The van der Waals surface area contributed by atoms with Gasteiger partial charge in [-0.05, 0) is 19.1 Å². The predicted octanol–water partition coefficient (Wildman–Crippen LogP) is 3.27. The number of imidazole rings is 1. The number of aromatic nitrogens is 4. The van der Waals surface area contributed by atoms with Gasteiger partial charge in [0.05, 0.1) is 28.8 Å². The Labute approximate surface area is 137 Å². The van der Waals surface area contributed by atoms with Crippen molar-refractivity contribution in [1.82, 2.24) is 19.5 Å². The van der Waals surface area contributed by atoms with E-state index in [0.29, 0.717) is 22.3 Å². The van der Waals surface area contributed by atoms with Crippen molar-refractivity contribution >= 4 is 29.0 Å². The number of halogens is 1. The zero-order valence-corrected chi connectivity index (χ0v) is 12.9. The Morgan fingerprint density at radius 3 is 2.52 bits per heavy atom. The number of nitrogens with one attached hydrogen (secondary N) is 2. The van der Waals surface area contributed by atoms with Crippen LogP contribution in [-0.2, 0) is 0 Å². The number of aryl methyl sites for hydroxylation is 1. The third kappa shape index (κ3) is 3.46. The molecule has 2 heterocycles. The lowest BCUT2D eigenvalue weighted by Gasteiger charge is -2.09. The molecule has 23 heavy (non-hydrogen) atoms. The van der Waals surface area contributed by atoms with Crippen molar-refractivity contribution in [3.63, 3.8) is 0 Å². The zero-order valence-electron chi connectivity index (χ0n) is 12.2. The first-order valence-corrected chi connectivity index (χ1v) is 7.16. The predicted molar refractivity (Wildman–Crippen MR) is 88.0 cm³/mol. The first-order chi connectivity index (χ1) is 11.1. The van der Waals surface area contributed by atoms with Gasteiger partial charge in [0.1, 0.15) is 5.82 Å². The van der Waals surface area contributed by atoms with Crippen molar-refractivity contribution in [3.05, 3.63) is 59.9 Å². The summed E-state index contributed by atoms with van der Waals surface area (Å²) >= 11 is 5.99. The molecule has 3 rings (SSSR count). The van der Waals surface area contributed by atoms with Gasteiger partial charge in [-0.25, -0.2) is 19.7 Å². The first kappa shape index (κ1) is 15.0. The molecule has 116 valence electrons. The van der Waals surface area contributed by atoms with E-state index in [4.69, 9.17) is 11.6 Å². The molecule has 0 saturated carbocycles. The van der Waals surface area contributed by atoms with Gasteiger partial charge in [-0.3, -0.25) is 4.57 Å². The molecule has 8 heteroatoms. The highest BCUT2D eigenvalue weighted by atomic mass is 35.5. The molecule has 0 spiro atoms. The Bertz CT molecular complexity index is 830. The molecule has 7 nitrogen and oxygen atoms in total. The van der Waals surface area contributed by atoms with Gasteiger partial charge in [-0.1, -0.05) is 23.7 Å². The Hall–Kier alpha value is -2.93. The van der Waals surface area contributed by atoms with E-state index in [1.807, 2.05) is 6.92 Å². The van der Waals surface area contributed by atoms with Crippen molar-refractivity contribution in [2.75, 3.05) is 10.6 Å². The van der Waals surface area contributed by atoms with E-state index < -0.39 is 6.03 Å². The number of carbonyl (C=O) groups is 1. The minimum absolute atomic E-state index is 0.423. The number of hydrogen-bond donors (Lipinski definition) is 2. The van der Waals surface area contributed by atoms with Crippen molar-refractivity contribution in [2.24, 2.45) is 0 Å². The SMILES string of the molecule is Cc1nccn1-c1ncc(NC(=O)Nc2ccccc2Cl)cn1. The minimum Gasteiger partial charge on any atom is -0.306 e. The van der Waals surface area contributed by atoms with E-state index in [1.165, 1.54) is 12.4 Å². The summed E-state index contributed by atoms with van der Waals surface area (Å²) in [5.41, 5.74) is 0.995. The average molecular weight is 329 g/mol. The molecular formula is C15H13ClN6O. The van der Waals surface area contributed by atoms with Gasteiger partial charge in [0.25, 0.3) is 0 Å². The van der Waals surface area contributed by atoms with E-state index in [-0.39, 0.29) is 0 Å². The van der Waals surface area contributed by atoms with Gasteiger partial charge in [0, 0.05) is 12.4 Å². The maximum Gasteiger partial charge on any atom is 0.323 e. The number of rotatable bonds is 3. The highest BCUT2D eigenvalue weighted by molar-refractivity contribution is 6.33. The van der Waals surface area contributed by atoms with Crippen molar-refractivity contribution in [3.8, 4) is 5.95 Å². The molecule has 0 bridgehead atoms. The lowest BCUT2D eigenvalue weighted by molar-refractivity contribution is 0.262. The molecule has 0 unspecified atom stereocenters. The summed E-state index contributed by atoms with van der Waals surface area (Å²) in [6.45, 7) is 1.85. The Morgan fingerprint density at radius 1 is 1.13 bits per heavy atom. The fraction of sp³-hybridized carbons (Fsp3) is 0.0667. The second-order valence-electron chi connectivity index (χ2n) is 4.68. The van der Waals surface area contributed by atoms with Crippen LogP contribution >= 0.6 is 11.6 Å². The van der Waals surface area contributed by atoms with Crippen LogP contribution in [0.4, 0.5) is 16.2 Å². The second-order valence-corrected chi connectivity index (χ2v) is 5.08. The Balaban J connectivity index is 1.68. The second kappa shape index (κ2) is 6.45. The van der Waals surface area contributed by atoms with Crippen LogP contribution in [0.1, 0.15) is 5.82 Å². The number of amides is 2. The van der Waals surface area contributed by atoms with Gasteiger partial charge in [-0.2, -0.15) is 0 Å². The standard InChI is InChI=1S/C15H13ClN6O/c1-10-17-6-7-22(10)14-18-8-11(9-19-14)20-15(23)21-13-5-3-2-4-12(13)16/h2-9H,1H3,(H2,20,21,23). The maximum absolute atomic E-state index is 12.0. The molecule has 0 saturated heterocycles. The quantitative estimate of drug-likeness (QED) is 0.772. The van der Waals surface area contributed by atoms with Crippen LogP contribution in [0.2, 0.25) is 5.02 Å². The fourth-order valence-electron chi connectivity index (χ4n) is 1.95. The molecule has 0 radical (unpaired) electrons. The third-order valence-electron chi connectivity index (χ3n) is 3.06. The summed E-state index contributed by atoms with van der Waals surface area (Å²) in [4.78, 5) is 24.5. The normalized spacial score (nSPS) is 10.3. The largest absolute Gasteiger partial charge is 0.323 e. The number of para-hydroxylation sites is 1. The Kier molecular flexibility index (Phi) is 4.20. The highest BCUT2D eigenvalue weighted by Crippen LogP contribution is 2.20. The summed E-state index contributed by atoms with van der Waals surface area (Å²) in [5.74, 6) is 1.26. The average Bonchev–Trinajstić information content (AvgIpc) is 2.96. The smallest absolute Gasteiger partial charge is 0.306 e. The lowest BCUT2D eigenvalue weighted by atomic mass is 10.3. The minimum atomic E-state index is -0.423. The van der Waals surface area contributed by atoms with E-state index >= 15 is 0 Å². The number of nitrogens with zero attached hydrogens (tertiary/aromatic N) is 4. The van der Waals surface area contributed by atoms with Gasteiger partial charge >= 0.3 is 6.03 Å². The summed E-state index contributed by atoms with van der Waals surface area (Å²) < 4.78 is 1.74. The maximum atomic E-state index is 12.0. The van der Waals surface area contributed by atoms with Crippen molar-refractivity contribution < 1.29 is 4.79 Å². The zero-order chi connectivity index (χ0) is 16.2. The van der Waals surface area contributed by atoms with Crippen LogP contribution in [-0.4, -0.2) is 25.6 Å². The molecule has 2 amide bonds. The summed E-state index contributed by atoms with van der Waals surface area (Å²) in [6.07, 6.45) is 6.48. The summed E-state index contributed by atoms with van der Waals surface area (Å²) in [6, 6.07) is 6.56. The van der Waals surface area contributed by atoms with Crippen LogP contribution in [0, 0.1) is 6.92 Å². The summed E-state index contributed by atoms with van der Waals surface area (Å²) in [7, 11) is 0. The number of carbonyl (C=O) groups excluding carboxylic acids is 1.